The minimum absolute atomic E-state index is 0.0653. The molecule has 3 heterocycles. The first-order valence-corrected chi connectivity index (χ1v) is 10.5. The molecule has 158 valence electrons. The summed E-state index contributed by atoms with van der Waals surface area (Å²) in [4.78, 5) is 21.0. The van der Waals surface area contributed by atoms with Gasteiger partial charge in [-0.25, -0.2) is 9.37 Å². The second kappa shape index (κ2) is 8.33. The number of benzene rings is 2. The summed E-state index contributed by atoms with van der Waals surface area (Å²) in [6.45, 7) is 0. The van der Waals surface area contributed by atoms with E-state index in [0.29, 0.717) is 27.2 Å². The summed E-state index contributed by atoms with van der Waals surface area (Å²) in [6, 6.07) is 12.8. The van der Waals surface area contributed by atoms with Crippen LogP contribution in [0.1, 0.15) is 10.4 Å². The number of hydrogen-bond donors (Lipinski definition) is 3. The van der Waals surface area contributed by atoms with E-state index in [1.807, 2.05) is 12.1 Å². The molecule has 0 atom stereocenters. The van der Waals surface area contributed by atoms with Gasteiger partial charge in [-0.05, 0) is 36.4 Å². The van der Waals surface area contributed by atoms with Gasteiger partial charge >= 0.3 is 0 Å². The standard InChI is InChI=1S/C21H13ClFN7OS/c22-18-13-10-25-29-15(13)5-6-16(18)26-21-28-19(30-32-21)11-7-8-24-17(9-11)27-20(31)12-3-1-2-4-14(12)23/h1-10H,(H,25,29)(H,24,27,31)(H,26,28,30). The highest BCUT2D eigenvalue weighted by molar-refractivity contribution is 7.10. The molecule has 0 unspecified atom stereocenters. The van der Waals surface area contributed by atoms with E-state index in [2.05, 4.69) is 35.2 Å². The summed E-state index contributed by atoms with van der Waals surface area (Å²) >= 11 is 7.61. The fourth-order valence-electron chi connectivity index (χ4n) is 3.05. The van der Waals surface area contributed by atoms with Crippen molar-refractivity contribution in [1.82, 2.24) is 24.5 Å². The van der Waals surface area contributed by atoms with Crippen LogP contribution in [0.15, 0.2) is 60.9 Å². The van der Waals surface area contributed by atoms with Gasteiger partial charge in [0.05, 0.1) is 28.0 Å². The number of rotatable bonds is 5. The number of hydrogen-bond acceptors (Lipinski definition) is 7. The smallest absolute Gasteiger partial charge is 0.259 e. The highest BCUT2D eigenvalue weighted by atomic mass is 35.5. The SMILES string of the molecule is O=C(Nc1cc(-c2nsc(Nc3ccc4[nH]ncc4c3Cl)n2)ccn1)c1ccccc1F. The molecule has 32 heavy (non-hydrogen) atoms. The third-order valence-corrected chi connectivity index (χ3v) is 5.64. The van der Waals surface area contributed by atoms with Gasteiger partial charge < -0.3 is 10.6 Å². The van der Waals surface area contributed by atoms with Crippen molar-refractivity contribution in [2.45, 2.75) is 0 Å². The Kier molecular flexibility index (Phi) is 5.21. The van der Waals surface area contributed by atoms with Crippen molar-refractivity contribution in [3.05, 3.63) is 77.3 Å². The number of halogens is 2. The first kappa shape index (κ1) is 20.0. The van der Waals surface area contributed by atoms with E-state index in [1.54, 1.807) is 24.4 Å². The van der Waals surface area contributed by atoms with Gasteiger partial charge in [-0.1, -0.05) is 23.7 Å². The van der Waals surface area contributed by atoms with Crippen LogP contribution in [-0.2, 0) is 0 Å². The molecule has 3 N–H and O–H groups in total. The molecule has 0 fully saturated rings. The lowest BCUT2D eigenvalue weighted by Crippen LogP contribution is -2.14. The Bertz CT molecular complexity index is 1450. The molecule has 11 heteroatoms. The Morgan fingerprint density at radius 2 is 2.03 bits per heavy atom. The molecule has 1 amide bonds. The second-order valence-electron chi connectivity index (χ2n) is 6.67. The highest BCUT2D eigenvalue weighted by Crippen LogP contribution is 2.33. The lowest BCUT2D eigenvalue weighted by molar-refractivity contribution is 0.102. The number of carbonyl (C=O) groups excluding carboxylic acids is 1. The molecule has 0 aliphatic rings. The Labute approximate surface area is 189 Å². The van der Waals surface area contributed by atoms with Crippen molar-refractivity contribution < 1.29 is 9.18 Å². The summed E-state index contributed by atoms with van der Waals surface area (Å²) in [5, 5.41) is 14.5. The Morgan fingerprint density at radius 1 is 1.16 bits per heavy atom. The van der Waals surface area contributed by atoms with Crippen LogP contribution in [-0.4, -0.2) is 30.4 Å². The number of H-pyrrole nitrogens is 1. The molecular formula is C21H13ClFN7OS. The number of anilines is 3. The zero-order valence-corrected chi connectivity index (χ0v) is 17.7. The van der Waals surface area contributed by atoms with E-state index < -0.39 is 11.7 Å². The van der Waals surface area contributed by atoms with Gasteiger partial charge in [0, 0.05) is 28.7 Å². The lowest BCUT2D eigenvalue weighted by atomic mass is 10.2. The van der Waals surface area contributed by atoms with Crippen LogP contribution in [0.4, 0.5) is 21.0 Å². The third kappa shape index (κ3) is 3.88. The molecule has 5 aromatic rings. The third-order valence-electron chi connectivity index (χ3n) is 4.60. The summed E-state index contributed by atoms with van der Waals surface area (Å²) in [6.07, 6.45) is 3.17. The van der Waals surface area contributed by atoms with E-state index in [9.17, 15) is 9.18 Å². The predicted octanol–water partition coefficient (Wildman–Crippen LogP) is 5.26. The van der Waals surface area contributed by atoms with Crippen molar-refractivity contribution in [3.8, 4) is 11.4 Å². The van der Waals surface area contributed by atoms with Crippen molar-refractivity contribution in [3.63, 3.8) is 0 Å². The van der Waals surface area contributed by atoms with Crippen LogP contribution in [0.25, 0.3) is 22.3 Å². The van der Waals surface area contributed by atoms with Crippen LogP contribution >= 0.6 is 23.1 Å². The molecule has 5 rings (SSSR count). The summed E-state index contributed by atoms with van der Waals surface area (Å²) in [5.41, 5.74) is 2.09. The Hall–Kier alpha value is -3.89. The van der Waals surface area contributed by atoms with Crippen LogP contribution in [0.3, 0.4) is 0 Å². The van der Waals surface area contributed by atoms with Gasteiger partial charge in [0.15, 0.2) is 5.82 Å². The van der Waals surface area contributed by atoms with Gasteiger partial charge in [0.1, 0.15) is 11.6 Å². The summed E-state index contributed by atoms with van der Waals surface area (Å²) in [5.74, 6) is -0.494. The van der Waals surface area contributed by atoms with Gasteiger partial charge in [0.2, 0.25) is 5.13 Å². The Balaban J connectivity index is 1.35. The largest absolute Gasteiger partial charge is 0.329 e. The number of aromatic nitrogens is 5. The van der Waals surface area contributed by atoms with Crippen LogP contribution < -0.4 is 10.6 Å². The number of nitrogens with one attached hydrogen (secondary N) is 3. The first-order chi connectivity index (χ1) is 15.6. The number of fused-ring (bicyclic) bond motifs is 1. The number of carbonyl (C=O) groups is 1. The number of aromatic amines is 1. The minimum atomic E-state index is -0.606. The Morgan fingerprint density at radius 3 is 2.91 bits per heavy atom. The molecule has 8 nitrogen and oxygen atoms in total. The average Bonchev–Trinajstić information content (AvgIpc) is 3.46. The zero-order chi connectivity index (χ0) is 22.1. The lowest BCUT2D eigenvalue weighted by Gasteiger charge is -2.06. The van der Waals surface area contributed by atoms with Crippen molar-refractivity contribution in [2.75, 3.05) is 10.6 Å². The first-order valence-electron chi connectivity index (χ1n) is 9.33. The maximum absolute atomic E-state index is 13.8. The van der Waals surface area contributed by atoms with Gasteiger partial charge in [-0.2, -0.15) is 14.5 Å². The van der Waals surface area contributed by atoms with E-state index in [1.165, 1.54) is 24.4 Å². The van der Waals surface area contributed by atoms with Crippen LogP contribution in [0.5, 0.6) is 0 Å². The van der Waals surface area contributed by atoms with E-state index in [0.717, 1.165) is 22.4 Å². The summed E-state index contributed by atoms with van der Waals surface area (Å²) < 4.78 is 18.2. The highest BCUT2D eigenvalue weighted by Gasteiger charge is 2.14. The average molecular weight is 466 g/mol. The normalized spacial score (nSPS) is 10.9. The topological polar surface area (TPSA) is 108 Å². The molecule has 0 aliphatic heterocycles. The monoisotopic (exact) mass is 465 g/mol. The van der Waals surface area contributed by atoms with Crippen LogP contribution in [0.2, 0.25) is 5.02 Å². The van der Waals surface area contributed by atoms with Crippen molar-refractivity contribution in [1.29, 1.82) is 0 Å². The molecule has 3 aromatic heterocycles. The number of pyridine rings is 1. The zero-order valence-electron chi connectivity index (χ0n) is 16.1. The number of amides is 1. The van der Waals surface area contributed by atoms with E-state index in [-0.39, 0.29) is 11.4 Å². The summed E-state index contributed by atoms with van der Waals surface area (Å²) in [7, 11) is 0. The van der Waals surface area contributed by atoms with Crippen molar-refractivity contribution >= 4 is 56.6 Å². The molecule has 0 bridgehead atoms. The second-order valence-corrected chi connectivity index (χ2v) is 7.80. The van der Waals surface area contributed by atoms with Gasteiger partial charge in [0.25, 0.3) is 5.91 Å². The molecular weight excluding hydrogens is 453 g/mol. The predicted molar refractivity (Wildman–Crippen MR) is 122 cm³/mol. The quantitative estimate of drug-likeness (QED) is 0.326. The maximum Gasteiger partial charge on any atom is 0.259 e. The fourth-order valence-corrected chi connectivity index (χ4v) is 3.92. The minimum Gasteiger partial charge on any atom is -0.329 e. The van der Waals surface area contributed by atoms with Crippen molar-refractivity contribution in [2.24, 2.45) is 0 Å². The van der Waals surface area contributed by atoms with Crippen LogP contribution in [0, 0.1) is 5.82 Å². The number of nitrogens with zero attached hydrogens (tertiary/aromatic N) is 4. The van der Waals surface area contributed by atoms with E-state index in [4.69, 9.17) is 11.6 Å². The molecule has 0 spiro atoms. The molecule has 0 radical (unpaired) electrons. The molecule has 0 saturated heterocycles. The maximum atomic E-state index is 13.8. The molecule has 0 aliphatic carbocycles. The fraction of sp³-hybridized carbons (Fsp3) is 0. The molecule has 0 saturated carbocycles. The van der Waals surface area contributed by atoms with Gasteiger partial charge in [-0.3, -0.25) is 9.89 Å². The molecule has 2 aromatic carbocycles. The van der Waals surface area contributed by atoms with E-state index >= 15 is 0 Å². The van der Waals surface area contributed by atoms with Gasteiger partial charge in [-0.15, -0.1) is 0 Å².